The van der Waals surface area contributed by atoms with Gasteiger partial charge in [0.1, 0.15) is 11.2 Å². The van der Waals surface area contributed by atoms with Gasteiger partial charge in [0, 0.05) is 22.3 Å². The van der Waals surface area contributed by atoms with Crippen molar-refractivity contribution in [3.63, 3.8) is 0 Å². The molecule has 8 heteroatoms. The molecule has 0 spiro atoms. The summed E-state index contributed by atoms with van der Waals surface area (Å²) in [7, 11) is 1.31. The van der Waals surface area contributed by atoms with Crippen molar-refractivity contribution in [3.8, 4) is 0 Å². The van der Waals surface area contributed by atoms with Crippen molar-refractivity contribution < 1.29 is 38.5 Å². The molecule has 1 saturated heterocycles. The Morgan fingerprint density at radius 1 is 1.23 bits per heavy atom. The van der Waals surface area contributed by atoms with Gasteiger partial charge in [0.2, 0.25) is 0 Å². The molecule has 2 N–H and O–H groups in total. The molecule has 2 fully saturated rings. The smallest absolute Gasteiger partial charge is 0.309 e. The molecular weight excluding hydrogens is 452 g/mol. The monoisotopic (exact) mass is 488 g/mol. The van der Waals surface area contributed by atoms with Gasteiger partial charge in [0.25, 0.3) is 0 Å². The Morgan fingerprint density at radius 3 is 2.51 bits per heavy atom. The lowest BCUT2D eigenvalue weighted by Crippen LogP contribution is -2.70. The fraction of sp³-hybridized carbons (Fsp3) is 0.667. The van der Waals surface area contributed by atoms with Crippen molar-refractivity contribution in [1.29, 1.82) is 0 Å². The maximum absolute atomic E-state index is 12.9. The first-order chi connectivity index (χ1) is 16.2. The number of furan rings is 1. The predicted molar refractivity (Wildman–Crippen MR) is 125 cm³/mol. The van der Waals surface area contributed by atoms with E-state index < -0.39 is 57.3 Å². The van der Waals surface area contributed by atoms with E-state index in [9.17, 15) is 24.6 Å². The number of fused-ring (bicyclic) bond motifs is 1. The van der Waals surface area contributed by atoms with Crippen LogP contribution < -0.4 is 0 Å². The highest BCUT2D eigenvalue weighted by atomic mass is 16.6. The van der Waals surface area contributed by atoms with E-state index in [-0.39, 0.29) is 18.6 Å². The summed E-state index contributed by atoms with van der Waals surface area (Å²) in [6.07, 6.45) is 5.75. The van der Waals surface area contributed by atoms with Crippen molar-refractivity contribution in [2.75, 3.05) is 7.11 Å². The number of methoxy groups -OCH3 is 1. The second-order valence-electron chi connectivity index (χ2n) is 11.7. The van der Waals surface area contributed by atoms with Crippen LogP contribution >= 0.6 is 0 Å². The lowest BCUT2D eigenvalue weighted by Gasteiger charge is -2.63. The molecule has 2 aliphatic carbocycles. The normalized spacial score (nSPS) is 41.3. The third kappa shape index (κ3) is 3.36. The number of ether oxygens (including phenoxy) is 2. The summed E-state index contributed by atoms with van der Waals surface area (Å²) in [5.41, 5.74) is -5.38. The Balaban J connectivity index is 1.84. The molecule has 1 aromatic heterocycles. The molecule has 1 aliphatic heterocycles. The number of hydrogen-bond acceptors (Lipinski definition) is 8. The third-order valence-electron chi connectivity index (χ3n) is 9.77. The molecule has 7 atom stereocenters. The fourth-order valence-electron chi connectivity index (χ4n) is 7.48. The van der Waals surface area contributed by atoms with Crippen LogP contribution in [0.3, 0.4) is 0 Å². The Kier molecular flexibility index (Phi) is 5.88. The third-order valence-corrected chi connectivity index (χ3v) is 9.77. The van der Waals surface area contributed by atoms with E-state index in [1.807, 2.05) is 26.8 Å². The van der Waals surface area contributed by atoms with Crippen LogP contribution in [0.1, 0.15) is 72.0 Å². The lowest BCUT2D eigenvalue weighted by atomic mass is 9.43. The molecule has 1 saturated carbocycles. The Morgan fingerprint density at radius 2 is 1.91 bits per heavy atom. The minimum Gasteiger partial charge on any atom is -0.472 e. The zero-order chi connectivity index (χ0) is 26.0. The number of rotatable bonds is 5. The molecule has 0 radical (unpaired) electrons. The molecule has 0 amide bonds. The Bertz CT molecular complexity index is 1060. The number of carbonyl (C=O) groups is 3. The number of hydrogen-bond donors (Lipinski definition) is 2. The van der Waals surface area contributed by atoms with Gasteiger partial charge >= 0.3 is 11.9 Å². The van der Waals surface area contributed by atoms with Gasteiger partial charge in [-0.1, -0.05) is 33.8 Å². The Labute approximate surface area is 205 Å². The van der Waals surface area contributed by atoms with Crippen molar-refractivity contribution in [2.24, 2.45) is 28.1 Å². The topological polar surface area (TPSA) is 123 Å². The molecular formula is C27H36O8. The first kappa shape index (κ1) is 25.6. The van der Waals surface area contributed by atoms with Crippen LogP contribution in [0, 0.1) is 28.1 Å². The van der Waals surface area contributed by atoms with Gasteiger partial charge in [0.05, 0.1) is 38.6 Å². The van der Waals surface area contributed by atoms with E-state index in [1.165, 1.54) is 19.6 Å². The standard InChI is InChI=1S/C27H36O8/c1-23(2)18(13-20(29)33-6)24(3,10-8-19(23)28)17-7-11-25(4,22(31)16-9-12-34-15-16)27(32)14-21(30)35-26(17,27)5/h8-10,12,15,17-18,22,31-32H,7,11,13-14H2,1-6H3/t17-,18-,22+,24+,25+,26-,27-/m1/s1. The summed E-state index contributed by atoms with van der Waals surface area (Å²) in [6.45, 7) is 9.09. The molecule has 35 heavy (non-hydrogen) atoms. The van der Waals surface area contributed by atoms with Crippen molar-refractivity contribution in [3.05, 3.63) is 36.3 Å². The first-order valence-electron chi connectivity index (χ1n) is 12.1. The number of esters is 2. The van der Waals surface area contributed by atoms with E-state index in [4.69, 9.17) is 13.9 Å². The molecule has 8 nitrogen and oxygen atoms in total. The van der Waals surface area contributed by atoms with E-state index in [2.05, 4.69) is 0 Å². The number of ketones is 1. The minimum atomic E-state index is -1.71. The SMILES string of the molecule is COC(=O)C[C@@H]1C(C)(C)C(=O)C=C[C@@]1(C)[C@H]1CC[C@@](C)([C@@H](O)c2ccoc2)[C@]2(O)CC(=O)O[C@]12C. The first-order valence-corrected chi connectivity index (χ1v) is 12.1. The highest BCUT2D eigenvalue weighted by Gasteiger charge is 2.75. The Hall–Kier alpha value is -2.45. The molecule has 192 valence electrons. The van der Waals surface area contributed by atoms with Crippen LogP contribution in [0.4, 0.5) is 0 Å². The van der Waals surface area contributed by atoms with Crippen LogP contribution in [-0.2, 0) is 23.9 Å². The molecule has 0 bridgehead atoms. The van der Waals surface area contributed by atoms with Crippen LogP contribution in [0.25, 0.3) is 0 Å². The molecule has 0 unspecified atom stereocenters. The molecule has 0 aromatic carbocycles. The summed E-state index contributed by atoms with van der Waals surface area (Å²) >= 11 is 0. The maximum Gasteiger partial charge on any atom is 0.309 e. The van der Waals surface area contributed by atoms with Crippen molar-refractivity contribution in [1.82, 2.24) is 0 Å². The zero-order valence-corrected chi connectivity index (χ0v) is 21.3. The summed E-state index contributed by atoms with van der Waals surface area (Å²) in [6, 6.07) is 1.64. The highest BCUT2D eigenvalue weighted by Crippen LogP contribution is 2.68. The van der Waals surface area contributed by atoms with Gasteiger partial charge in [-0.2, -0.15) is 0 Å². The quantitative estimate of drug-likeness (QED) is 0.604. The molecule has 1 aromatic rings. The fourth-order valence-corrected chi connectivity index (χ4v) is 7.48. The van der Waals surface area contributed by atoms with Crippen LogP contribution in [0.2, 0.25) is 0 Å². The lowest BCUT2D eigenvalue weighted by molar-refractivity contribution is -0.265. The van der Waals surface area contributed by atoms with E-state index in [0.717, 1.165) is 0 Å². The predicted octanol–water partition coefficient (Wildman–Crippen LogP) is 3.52. The van der Waals surface area contributed by atoms with Crippen LogP contribution in [-0.4, -0.2) is 46.2 Å². The second kappa shape index (κ2) is 8.03. The van der Waals surface area contributed by atoms with Gasteiger partial charge in [-0.15, -0.1) is 0 Å². The number of aliphatic hydroxyl groups excluding tert-OH is 1. The van der Waals surface area contributed by atoms with E-state index in [1.54, 1.807) is 26.0 Å². The molecule has 4 rings (SSSR count). The van der Waals surface area contributed by atoms with Gasteiger partial charge in [0.15, 0.2) is 5.78 Å². The number of aliphatic hydroxyl groups is 2. The van der Waals surface area contributed by atoms with Crippen LogP contribution in [0.5, 0.6) is 0 Å². The second-order valence-corrected chi connectivity index (χ2v) is 11.7. The molecule has 3 aliphatic rings. The van der Waals surface area contributed by atoms with Crippen molar-refractivity contribution >= 4 is 17.7 Å². The summed E-state index contributed by atoms with van der Waals surface area (Å²) in [4.78, 5) is 38.2. The van der Waals surface area contributed by atoms with Gasteiger partial charge in [-0.3, -0.25) is 14.4 Å². The minimum absolute atomic E-state index is 0.00392. The highest BCUT2D eigenvalue weighted by molar-refractivity contribution is 5.96. The van der Waals surface area contributed by atoms with E-state index >= 15 is 0 Å². The van der Waals surface area contributed by atoms with Crippen LogP contribution in [0.15, 0.2) is 35.2 Å². The average molecular weight is 489 g/mol. The van der Waals surface area contributed by atoms with Gasteiger partial charge < -0.3 is 24.1 Å². The summed E-state index contributed by atoms with van der Waals surface area (Å²) in [5.74, 6) is -1.97. The largest absolute Gasteiger partial charge is 0.472 e. The number of carbonyl (C=O) groups excluding carboxylic acids is 3. The summed E-state index contributed by atoms with van der Waals surface area (Å²) < 4.78 is 16.1. The number of allylic oxidation sites excluding steroid dienone is 2. The van der Waals surface area contributed by atoms with Gasteiger partial charge in [-0.05, 0) is 43.2 Å². The maximum atomic E-state index is 12.9. The van der Waals surface area contributed by atoms with E-state index in [0.29, 0.717) is 18.4 Å². The average Bonchev–Trinajstić information content (AvgIpc) is 3.40. The molecule has 2 heterocycles. The van der Waals surface area contributed by atoms with Crippen molar-refractivity contribution in [2.45, 2.75) is 77.6 Å². The van der Waals surface area contributed by atoms with Gasteiger partial charge in [-0.25, -0.2) is 0 Å². The summed E-state index contributed by atoms with van der Waals surface area (Å²) in [5, 5.41) is 23.7. The zero-order valence-electron chi connectivity index (χ0n) is 21.3.